The molecule has 8 atom stereocenters. The molecular formula is C18H27FO2. The Morgan fingerprint density at radius 1 is 1.10 bits per heavy atom. The van der Waals surface area contributed by atoms with Gasteiger partial charge in [-0.15, -0.1) is 0 Å². The summed E-state index contributed by atoms with van der Waals surface area (Å²) in [5, 5.41) is 10.4. The molecular weight excluding hydrogens is 267 g/mol. The van der Waals surface area contributed by atoms with Crippen LogP contribution in [0.25, 0.3) is 0 Å². The van der Waals surface area contributed by atoms with E-state index in [1.807, 2.05) is 0 Å². The lowest BCUT2D eigenvalue weighted by atomic mass is 9.50. The Balaban J connectivity index is 1.58. The lowest BCUT2D eigenvalue weighted by molar-refractivity contribution is -0.135. The lowest BCUT2D eigenvalue weighted by Gasteiger charge is -2.55. The summed E-state index contributed by atoms with van der Waals surface area (Å²) in [6, 6.07) is 0. The van der Waals surface area contributed by atoms with Crippen LogP contribution in [0.5, 0.6) is 0 Å². The Labute approximate surface area is 126 Å². The van der Waals surface area contributed by atoms with Gasteiger partial charge in [0.2, 0.25) is 0 Å². The van der Waals surface area contributed by atoms with Crippen molar-refractivity contribution in [2.45, 2.75) is 70.6 Å². The number of halogens is 1. The second kappa shape index (κ2) is 4.78. The van der Waals surface area contributed by atoms with E-state index in [1.54, 1.807) is 0 Å². The van der Waals surface area contributed by atoms with Crippen LogP contribution in [0.4, 0.5) is 4.39 Å². The van der Waals surface area contributed by atoms with Gasteiger partial charge in [-0.3, -0.25) is 4.79 Å². The van der Waals surface area contributed by atoms with Crippen LogP contribution in [0, 0.1) is 35.0 Å². The smallest absolute Gasteiger partial charge is 0.167 e. The van der Waals surface area contributed by atoms with E-state index in [-0.39, 0.29) is 17.3 Å². The molecule has 0 radical (unpaired) electrons. The number of Topliss-reactive ketones (excluding diaryl/α,β-unsaturated/α-hetero) is 1. The van der Waals surface area contributed by atoms with Crippen molar-refractivity contribution in [1.82, 2.24) is 0 Å². The van der Waals surface area contributed by atoms with Gasteiger partial charge in [-0.25, -0.2) is 4.39 Å². The molecule has 21 heavy (non-hydrogen) atoms. The summed E-state index contributed by atoms with van der Waals surface area (Å²) in [4.78, 5) is 11.7. The average Bonchev–Trinajstić information content (AvgIpc) is 2.76. The van der Waals surface area contributed by atoms with Gasteiger partial charge < -0.3 is 5.11 Å². The molecule has 0 spiro atoms. The maximum absolute atomic E-state index is 13.9. The first-order chi connectivity index (χ1) is 10.0. The minimum Gasteiger partial charge on any atom is -0.393 e. The van der Waals surface area contributed by atoms with Crippen LogP contribution in [-0.4, -0.2) is 23.2 Å². The van der Waals surface area contributed by atoms with Crippen LogP contribution in [0.1, 0.15) is 58.3 Å². The molecule has 0 saturated heterocycles. The molecule has 4 fully saturated rings. The van der Waals surface area contributed by atoms with Gasteiger partial charge >= 0.3 is 0 Å². The second-order valence-corrected chi connectivity index (χ2v) is 8.45. The molecule has 3 heteroatoms. The molecule has 0 aliphatic heterocycles. The van der Waals surface area contributed by atoms with Crippen molar-refractivity contribution in [3.8, 4) is 0 Å². The van der Waals surface area contributed by atoms with E-state index in [2.05, 4.69) is 6.92 Å². The van der Waals surface area contributed by atoms with Crippen molar-refractivity contribution >= 4 is 5.78 Å². The van der Waals surface area contributed by atoms with E-state index in [1.165, 1.54) is 6.42 Å². The number of aliphatic hydroxyl groups excluding tert-OH is 1. The van der Waals surface area contributed by atoms with Gasteiger partial charge in [-0.05, 0) is 80.0 Å². The van der Waals surface area contributed by atoms with Crippen LogP contribution in [0.2, 0.25) is 0 Å². The summed E-state index contributed by atoms with van der Waals surface area (Å²) in [5.74, 6) is 2.63. The van der Waals surface area contributed by atoms with Crippen molar-refractivity contribution in [1.29, 1.82) is 0 Å². The summed E-state index contributed by atoms with van der Waals surface area (Å²) >= 11 is 0. The number of carbonyl (C=O) groups excluding carboxylic acids is 1. The molecule has 0 aromatic rings. The van der Waals surface area contributed by atoms with Gasteiger partial charge in [0.1, 0.15) is 0 Å². The highest BCUT2D eigenvalue weighted by Gasteiger charge is 2.57. The maximum atomic E-state index is 13.9. The predicted octanol–water partition coefficient (Wildman–Crippen LogP) is 3.52. The maximum Gasteiger partial charge on any atom is 0.167 e. The molecule has 4 rings (SSSR count). The largest absolute Gasteiger partial charge is 0.393 e. The summed E-state index contributed by atoms with van der Waals surface area (Å²) < 4.78 is 13.9. The van der Waals surface area contributed by atoms with Crippen molar-refractivity contribution in [3.05, 3.63) is 0 Å². The molecule has 2 unspecified atom stereocenters. The Kier molecular flexibility index (Phi) is 3.22. The van der Waals surface area contributed by atoms with Crippen LogP contribution < -0.4 is 0 Å². The highest BCUT2D eigenvalue weighted by atomic mass is 19.1. The zero-order valence-corrected chi connectivity index (χ0v) is 12.9. The summed E-state index contributed by atoms with van der Waals surface area (Å²) in [6.45, 7) is 2.28. The summed E-state index contributed by atoms with van der Waals surface area (Å²) in [7, 11) is 0. The quantitative estimate of drug-likeness (QED) is 0.742. The number of ketones is 1. The zero-order chi connectivity index (χ0) is 14.8. The van der Waals surface area contributed by atoms with Gasteiger partial charge in [0.25, 0.3) is 0 Å². The highest BCUT2D eigenvalue weighted by Crippen LogP contribution is 2.62. The van der Waals surface area contributed by atoms with Gasteiger partial charge in [0, 0.05) is 6.42 Å². The molecule has 4 aliphatic rings. The molecule has 0 aromatic carbocycles. The topological polar surface area (TPSA) is 37.3 Å². The number of fused-ring (bicyclic) bond motifs is 5. The lowest BCUT2D eigenvalue weighted by Crippen LogP contribution is -2.50. The van der Waals surface area contributed by atoms with Crippen LogP contribution in [0.3, 0.4) is 0 Å². The fourth-order valence-electron chi connectivity index (χ4n) is 6.58. The van der Waals surface area contributed by atoms with E-state index >= 15 is 0 Å². The number of hydrogen-bond donors (Lipinski definition) is 1. The first-order valence-electron chi connectivity index (χ1n) is 8.85. The van der Waals surface area contributed by atoms with E-state index in [0.29, 0.717) is 42.4 Å². The zero-order valence-electron chi connectivity index (χ0n) is 12.9. The predicted molar refractivity (Wildman–Crippen MR) is 78.4 cm³/mol. The Bertz CT molecular complexity index is 450. The summed E-state index contributed by atoms with van der Waals surface area (Å²) in [6.07, 6.45) is 6.25. The van der Waals surface area contributed by atoms with Crippen LogP contribution in [0.15, 0.2) is 0 Å². The molecule has 4 aliphatic carbocycles. The number of aliphatic hydroxyl groups is 1. The van der Waals surface area contributed by atoms with Crippen molar-refractivity contribution in [2.24, 2.45) is 35.0 Å². The summed E-state index contributed by atoms with van der Waals surface area (Å²) in [5.41, 5.74) is 0.105. The molecule has 0 bridgehead atoms. The fraction of sp³-hybridized carbons (Fsp3) is 0.944. The van der Waals surface area contributed by atoms with Gasteiger partial charge in [-0.1, -0.05) is 6.92 Å². The van der Waals surface area contributed by atoms with E-state index in [9.17, 15) is 14.3 Å². The van der Waals surface area contributed by atoms with Gasteiger partial charge in [-0.2, -0.15) is 0 Å². The third kappa shape index (κ3) is 1.95. The van der Waals surface area contributed by atoms with Crippen LogP contribution in [-0.2, 0) is 4.79 Å². The molecule has 2 nitrogen and oxygen atoms in total. The Hall–Kier alpha value is -0.440. The van der Waals surface area contributed by atoms with Crippen molar-refractivity contribution in [3.63, 3.8) is 0 Å². The molecule has 0 amide bonds. The SMILES string of the molecule is C[C@]12CC[C@H]3[C@@H](CCC4CC(=O)C(F)C[C@@H]43)[C@@H]1CC[C@@H]2O. The molecule has 1 N–H and O–H groups in total. The second-order valence-electron chi connectivity index (χ2n) is 8.45. The van der Waals surface area contributed by atoms with Crippen molar-refractivity contribution in [2.75, 3.05) is 0 Å². The minimum atomic E-state index is -1.20. The van der Waals surface area contributed by atoms with E-state index < -0.39 is 6.17 Å². The first-order valence-corrected chi connectivity index (χ1v) is 8.85. The first kappa shape index (κ1) is 14.2. The average molecular weight is 294 g/mol. The standard InChI is InChI=1S/C18H27FO2/c1-18-7-6-11-12(14(18)4-5-17(18)21)3-2-10-8-16(20)15(19)9-13(10)11/h10-15,17,21H,2-9H2,1H3/t10?,11-,12+,13-,14-,15?,17-,18-/m0/s1. The Morgan fingerprint density at radius 3 is 2.71 bits per heavy atom. The monoisotopic (exact) mass is 294 g/mol. The highest BCUT2D eigenvalue weighted by molar-refractivity contribution is 5.84. The third-order valence-electron chi connectivity index (χ3n) is 7.76. The molecule has 118 valence electrons. The number of carbonyl (C=O) groups is 1. The van der Waals surface area contributed by atoms with Crippen molar-refractivity contribution < 1.29 is 14.3 Å². The van der Waals surface area contributed by atoms with E-state index in [0.717, 1.165) is 32.1 Å². The molecule has 0 aromatic heterocycles. The van der Waals surface area contributed by atoms with Gasteiger partial charge in [0.15, 0.2) is 12.0 Å². The molecule has 0 heterocycles. The van der Waals surface area contributed by atoms with Crippen LogP contribution >= 0.6 is 0 Å². The number of hydrogen-bond acceptors (Lipinski definition) is 2. The third-order valence-corrected chi connectivity index (χ3v) is 7.76. The molecule has 4 saturated carbocycles. The number of rotatable bonds is 0. The Morgan fingerprint density at radius 2 is 1.90 bits per heavy atom. The minimum absolute atomic E-state index is 0.105. The normalized spacial score (nSPS) is 56.5. The van der Waals surface area contributed by atoms with E-state index in [4.69, 9.17) is 0 Å². The fourth-order valence-corrected chi connectivity index (χ4v) is 6.58. The van der Waals surface area contributed by atoms with Gasteiger partial charge in [0.05, 0.1) is 6.10 Å². The number of alkyl halides is 1.